The number of carbonyl (C=O) groups is 1. The number of carbonyl (C=O) groups excluding carboxylic acids is 1. The van der Waals surface area contributed by atoms with E-state index in [9.17, 15) is 4.79 Å². The molecule has 0 aromatic carbocycles. The van der Waals surface area contributed by atoms with Crippen molar-refractivity contribution in [1.82, 2.24) is 5.16 Å². The van der Waals surface area contributed by atoms with Gasteiger partial charge in [-0.2, -0.15) is 0 Å². The Hall–Kier alpha value is -1.91. The molecule has 1 heterocycles. The molecule has 4 aliphatic carbocycles. The molecule has 0 radical (unpaired) electrons. The molecule has 1 aromatic heterocycles. The summed E-state index contributed by atoms with van der Waals surface area (Å²) in [5, 5.41) is 8.44. The van der Waals surface area contributed by atoms with E-state index in [4.69, 9.17) is 9.36 Å². The number of Topliss-reactive ketones (excluding diaryl/α,β-unsaturated/α-hetero) is 1. The molecule has 3 fully saturated rings. The highest BCUT2D eigenvalue weighted by molar-refractivity contribution is 5.96. The average molecular weight is 411 g/mol. The molecular weight excluding hydrogens is 376 g/mol. The van der Waals surface area contributed by atoms with Gasteiger partial charge in [0.25, 0.3) is 0 Å². The largest absolute Gasteiger partial charge is 0.395 e. The summed E-state index contributed by atoms with van der Waals surface area (Å²) in [5.74, 6) is 3.42. The lowest BCUT2D eigenvalue weighted by Crippen LogP contribution is -2.50. The van der Waals surface area contributed by atoms with Gasteiger partial charge in [-0.25, -0.2) is 0 Å². The van der Waals surface area contributed by atoms with E-state index in [-0.39, 0.29) is 10.8 Å². The van der Waals surface area contributed by atoms with E-state index < -0.39 is 0 Å². The monoisotopic (exact) mass is 410 g/mol. The summed E-state index contributed by atoms with van der Waals surface area (Å²) in [7, 11) is 0. The summed E-state index contributed by atoms with van der Waals surface area (Å²) in [5.41, 5.74) is 3.80. The van der Waals surface area contributed by atoms with Crippen LogP contribution in [0.25, 0.3) is 0 Å². The Morgan fingerprint density at radius 1 is 1.13 bits per heavy atom. The fourth-order valence-corrected chi connectivity index (χ4v) is 7.23. The Balaban J connectivity index is 1.26. The van der Waals surface area contributed by atoms with E-state index in [0.29, 0.717) is 24.7 Å². The van der Waals surface area contributed by atoms with E-state index in [1.165, 1.54) is 12.8 Å². The van der Waals surface area contributed by atoms with Gasteiger partial charge >= 0.3 is 0 Å². The quantitative estimate of drug-likeness (QED) is 0.490. The second kappa shape index (κ2) is 7.35. The first kappa shape index (κ1) is 20.0. The molecule has 5 rings (SSSR count). The predicted octanol–water partition coefficient (Wildman–Crippen LogP) is 5.43. The van der Waals surface area contributed by atoms with Crippen LogP contribution in [0, 0.1) is 35.5 Å². The normalized spacial score (nSPS) is 39.3. The van der Waals surface area contributed by atoms with Crippen molar-refractivity contribution in [3.05, 3.63) is 29.2 Å². The third kappa shape index (κ3) is 3.16. The highest BCUT2D eigenvalue weighted by Crippen LogP contribution is 2.64. The standard InChI is InChI=1S/C25H34N2O3/c1-16-14-19(27-30-16)10-13-29-26-18-8-11-24(2)17(15-18)4-5-20-21-6-7-23(28)25(21,3)12-9-22(20)24/h14-15,20-22H,4-13H2,1-3H3/t20?,21?,22?,24-,25-/m0/s1. The van der Waals surface area contributed by atoms with Gasteiger partial charge in [-0.1, -0.05) is 29.7 Å². The van der Waals surface area contributed by atoms with Crippen LogP contribution in [0.15, 0.2) is 27.4 Å². The smallest absolute Gasteiger partial charge is 0.139 e. The fourth-order valence-electron chi connectivity index (χ4n) is 7.23. The molecule has 5 heteroatoms. The predicted molar refractivity (Wildman–Crippen MR) is 115 cm³/mol. The Kier molecular flexibility index (Phi) is 4.90. The molecule has 5 atom stereocenters. The van der Waals surface area contributed by atoms with Crippen molar-refractivity contribution in [3.63, 3.8) is 0 Å². The minimum absolute atomic E-state index is 0.0315. The Bertz CT molecular complexity index is 900. The van der Waals surface area contributed by atoms with Gasteiger partial charge in [-0.3, -0.25) is 4.79 Å². The average Bonchev–Trinajstić information content (AvgIpc) is 3.28. The van der Waals surface area contributed by atoms with Crippen molar-refractivity contribution in [2.75, 3.05) is 6.61 Å². The first-order valence-electron chi connectivity index (χ1n) is 11.8. The van der Waals surface area contributed by atoms with Crippen LogP contribution in [-0.4, -0.2) is 23.3 Å². The van der Waals surface area contributed by atoms with Gasteiger partial charge in [0.05, 0.1) is 11.4 Å². The van der Waals surface area contributed by atoms with Crippen LogP contribution in [0.1, 0.15) is 76.7 Å². The van der Waals surface area contributed by atoms with E-state index >= 15 is 0 Å². The number of nitrogens with zero attached hydrogens (tertiary/aromatic N) is 2. The number of hydrogen-bond donors (Lipinski definition) is 0. The van der Waals surface area contributed by atoms with Crippen molar-refractivity contribution in [2.24, 2.45) is 33.7 Å². The van der Waals surface area contributed by atoms with Crippen LogP contribution >= 0.6 is 0 Å². The summed E-state index contributed by atoms with van der Waals surface area (Å²) in [4.78, 5) is 18.2. The van der Waals surface area contributed by atoms with Crippen molar-refractivity contribution in [1.29, 1.82) is 0 Å². The molecular formula is C25H34N2O3. The maximum Gasteiger partial charge on any atom is 0.139 e. The zero-order valence-electron chi connectivity index (χ0n) is 18.6. The van der Waals surface area contributed by atoms with Crippen molar-refractivity contribution in [3.8, 4) is 0 Å². The number of aryl methyl sites for hydroxylation is 1. The summed E-state index contributed by atoms with van der Waals surface area (Å²) in [6.45, 7) is 7.17. The lowest BCUT2D eigenvalue weighted by Gasteiger charge is -2.57. The van der Waals surface area contributed by atoms with Gasteiger partial charge in [-0.05, 0) is 81.1 Å². The van der Waals surface area contributed by atoms with Crippen LogP contribution in [0.5, 0.6) is 0 Å². The van der Waals surface area contributed by atoms with Crippen LogP contribution in [-0.2, 0) is 16.1 Å². The first-order valence-corrected chi connectivity index (χ1v) is 11.8. The number of oxime groups is 1. The number of ketones is 1. The Morgan fingerprint density at radius 3 is 2.77 bits per heavy atom. The number of rotatable bonds is 4. The second-order valence-electron chi connectivity index (χ2n) is 10.5. The van der Waals surface area contributed by atoms with Crippen LogP contribution in [0.4, 0.5) is 0 Å². The van der Waals surface area contributed by atoms with Crippen molar-refractivity contribution < 1.29 is 14.2 Å². The van der Waals surface area contributed by atoms with Gasteiger partial charge in [-0.15, -0.1) is 0 Å². The van der Waals surface area contributed by atoms with Crippen LogP contribution < -0.4 is 0 Å². The SMILES string of the molecule is Cc1cc(CCON=C2C=C3CCC4C(CC[C@]5(C)C(=O)CCC45)[C@@]3(C)CC2)no1. The fraction of sp³-hybridized carbons (Fsp3) is 0.720. The molecule has 0 amide bonds. The molecule has 1 aromatic rings. The summed E-state index contributed by atoms with van der Waals surface area (Å²) in [6.07, 6.45) is 11.8. The number of allylic oxidation sites excluding steroid dienone is 2. The van der Waals surface area contributed by atoms with Gasteiger partial charge in [0, 0.05) is 24.3 Å². The molecule has 3 saturated carbocycles. The zero-order valence-corrected chi connectivity index (χ0v) is 18.6. The third-order valence-electron chi connectivity index (χ3n) is 8.99. The van der Waals surface area contributed by atoms with Crippen LogP contribution in [0.2, 0.25) is 0 Å². The van der Waals surface area contributed by atoms with Gasteiger partial charge in [0.2, 0.25) is 0 Å². The topological polar surface area (TPSA) is 64.7 Å². The number of aromatic nitrogens is 1. The zero-order chi connectivity index (χ0) is 20.9. The maximum atomic E-state index is 12.6. The molecule has 0 saturated heterocycles. The lowest BCUT2D eigenvalue weighted by molar-refractivity contribution is -0.132. The van der Waals surface area contributed by atoms with Gasteiger partial charge in [0.1, 0.15) is 18.2 Å². The third-order valence-corrected chi connectivity index (χ3v) is 8.99. The van der Waals surface area contributed by atoms with Crippen molar-refractivity contribution >= 4 is 11.5 Å². The molecule has 0 N–H and O–H groups in total. The molecule has 3 unspecified atom stereocenters. The summed E-state index contributed by atoms with van der Waals surface area (Å²) >= 11 is 0. The maximum absolute atomic E-state index is 12.6. The molecule has 0 spiro atoms. The second-order valence-corrected chi connectivity index (χ2v) is 10.5. The van der Waals surface area contributed by atoms with E-state index in [1.807, 2.05) is 13.0 Å². The first-order chi connectivity index (χ1) is 14.4. The van der Waals surface area contributed by atoms with Gasteiger partial charge < -0.3 is 9.36 Å². The van der Waals surface area contributed by atoms with E-state index in [0.717, 1.165) is 67.5 Å². The molecule has 30 heavy (non-hydrogen) atoms. The molecule has 162 valence electrons. The molecule has 0 bridgehead atoms. The molecule has 0 aliphatic heterocycles. The molecule has 5 nitrogen and oxygen atoms in total. The van der Waals surface area contributed by atoms with E-state index in [2.05, 4.69) is 30.2 Å². The summed E-state index contributed by atoms with van der Waals surface area (Å²) in [6, 6.07) is 1.94. The van der Waals surface area contributed by atoms with Gasteiger partial charge in [0.15, 0.2) is 0 Å². The minimum Gasteiger partial charge on any atom is -0.395 e. The van der Waals surface area contributed by atoms with Crippen molar-refractivity contribution in [2.45, 2.75) is 78.6 Å². The Morgan fingerprint density at radius 2 is 1.97 bits per heavy atom. The highest BCUT2D eigenvalue weighted by Gasteiger charge is 2.58. The minimum atomic E-state index is -0.0315. The number of hydrogen-bond acceptors (Lipinski definition) is 5. The highest BCUT2D eigenvalue weighted by atomic mass is 16.6. The Labute approximate surface area is 179 Å². The van der Waals surface area contributed by atoms with E-state index in [1.54, 1.807) is 5.57 Å². The molecule has 4 aliphatic rings. The summed E-state index contributed by atoms with van der Waals surface area (Å²) < 4.78 is 5.09. The van der Waals surface area contributed by atoms with Crippen LogP contribution in [0.3, 0.4) is 0 Å². The lowest BCUT2D eigenvalue weighted by atomic mass is 9.47. The number of fused-ring (bicyclic) bond motifs is 5.